The molecule has 0 saturated carbocycles. The number of anilines is 1. The van der Waals surface area contributed by atoms with Crippen LogP contribution >= 0.6 is 23.4 Å². The molecule has 1 aromatic heterocycles. The summed E-state index contributed by atoms with van der Waals surface area (Å²) >= 11 is 7.81. The Kier molecular flexibility index (Phi) is 4.96. The zero-order chi connectivity index (χ0) is 15.5. The summed E-state index contributed by atoms with van der Waals surface area (Å²) < 4.78 is -0.488. The second kappa shape index (κ2) is 6.54. The first-order valence-corrected chi connectivity index (χ1v) is 8.14. The van der Waals surface area contributed by atoms with Gasteiger partial charge in [-0.15, -0.1) is 11.8 Å². The zero-order valence-corrected chi connectivity index (χ0v) is 13.8. The second-order valence-electron chi connectivity index (χ2n) is 5.14. The molecule has 0 aliphatic carbocycles. The average molecular weight is 324 g/mol. The van der Waals surface area contributed by atoms with Gasteiger partial charge in [-0.25, -0.2) is 0 Å². The topological polar surface area (TPSA) is 45.2 Å². The molecule has 112 valence electrons. The molecule has 1 aromatic rings. The number of pyridine rings is 1. The summed E-state index contributed by atoms with van der Waals surface area (Å²) in [6.45, 7) is 4.28. The Morgan fingerprint density at radius 1 is 1.52 bits per heavy atom. The summed E-state index contributed by atoms with van der Waals surface area (Å²) in [5.41, 5.74) is 1.62. The van der Waals surface area contributed by atoms with Gasteiger partial charge >= 0.3 is 0 Å². The Balaban J connectivity index is 2.08. The Morgan fingerprint density at radius 3 is 2.86 bits per heavy atom. The Morgan fingerprint density at radius 2 is 2.29 bits per heavy atom. The van der Waals surface area contributed by atoms with Gasteiger partial charge in [-0.05, 0) is 38.3 Å². The van der Waals surface area contributed by atoms with E-state index in [1.54, 1.807) is 12.4 Å². The highest BCUT2D eigenvalue weighted by molar-refractivity contribution is 8.00. The fraction of sp³-hybridized carbons (Fsp3) is 0.333. The molecule has 0 unspecified atom stereocenters. The van der Waals surface area contributed by atoms with E-state index in [-0.39, 0.29) is 5.91 Å². The molecular formula is C15H18ClN3OS. The third-order valence-electron chi connectivity index (χ3n) is 3.31. The first-order chi connectivity index (χ1) is 9.94. The second-order valence-corrected chi connectivity index (χ2v) is 7.03. The number of thioether (sulfide) groups is 1. The van der Waals surface area contributed by atoms with E-state index in [4.69, 9.17) is 11.6 Å². The Hall–Kier alpha value is -1.46. The average Bonchev–Trinajstić information content (AvgIpc) is 2.50. The molecule has 1 amide bonds. The molecule has 1 aliphatic rings. The summed E-state index contributed by atoms with van der Waals surface area (Å²) in [6, 6.07) is 3.83. The van der Waals surface area contributed by atoms with Crippen LogP contribution in [0.3, 0.4) is 0 Å². The molecule has 0 aromatic carbocycles. The highest BCUT2D eigenvalue weighted by Crippen LogP contribution is 2.25. The van der Waals surface area contributed by atoms with Gasteiger partial charge in [0, 0.05) is 12.4 Å². The van der Waals surface area contributed by atoms with Crippen molar-refractivity contribution >= 4 is 35.0 Å². The van der Waals surface area contributed by atoms with E-state index in [9.17, 15) is 4.79 Å². The molecule has 0 radical (unpaired) electrons. The van der Waals surface area contributed by atoms with Crippen molar-refractivity contribution in [3.63, 3.8) is 0 Å². The lowest BCUT2D eigenvalue weighted by molar-refractivity contribution is -0.121. The van der Waals surface area contributed by atoms with E-state index in [0.717, 1.165) is 5.69 Å². The van der Waals surface area contributed by atoms with Crippen molar-refractivity contribution in [2.75, 3.05) is 17.7 Å². The van der Waals surface area contributed by atoms with Crippen LogP contribution in [0.2, 0.25) is 0 Å². The summed E-state index contributed by atoms with van der Waals surface area (Å²) in [4.78, 5) is 18.2. The number of halogens is 1. The molecule has 2 rings (SSSR count). The number of carbonyl (C=O) groups is 1. The maximum absolute atomic E-state index is 12.2. The predicted octanol–water partition coefficient (Wildman–Crippen LogP) is 3.12. The summed E-state index contributed by atoms with van der Waals surface area (Å²) in [5.74, 6) is -0.0531. The number of aromatic nitrogens is 1. The third-order valence-corrected chi connectivity index (χ3v) is 4.83. The minimum atomic E-state index is -0.488. The van der Waals surface area contributed by atoms with Gasteiger partial charge in [-0.3, -0.25) is 9.78 Å². The number of amides is 1. The molecule has 21 heavy (non-hydrogen) atoms. The largest absolute Gasteiger partial charge is 0.341 e. The van der Waals surface area contributed by atoms with Gasteiger partial charge in [0.2, 0.25) is 5.91 Å². The van der Waals surface area contributed by atoms with Gasteiger partial charge in [0.05, 0.1) is 33.9 Å². The van der Waals surface area contributed by atoms with Crippen molar-refractivity contribution in [2.24, 2.45) is 0 Å². The number of carbonyl (C=O) groups excluding carboxylic acids is 1. The van der Waals surface area contributed by atoms with E-state index in [1.165, 1.54) is 11.8 Å². The molecule has 1 N–H and O–H groups in total. The van der Waals surface area contributed by atoms with E-state index < -0.39 is 4.75 Å². The van der Waals surface area contributed by atoms with Crippen molar-refractivity contribution in [3.8, 4) is 0 Å². The zero-order valence-electron chi connectivity index (χ0n) is 12.3. The first-order valence-electron chi connectivity index (χ1n) is 6.54. The van der Waals surface area contributed by atoms with Crippen molar-refractivity contribution < 1.29 is 4.79 Å². The fourth-order valence-corrected chi connectivity index (χ4v) is 2.19. The molecule has 0 fully saturated rings. The maximum Gasteiger partial charge on any atom is 0.240 e. The minimum absolute atomic E-state index is 0.0531. The van der Waals surface area contributed by atoms with Crippen LogP contribution in [0.4, 0.5) is 5.69 Å². The maximum atomic E-state index is 12.2. The highest BCUT2D eigenvalue weighted by Gasteiger charge is 2.27. The normalized spacial score (nSPS) is 15.3. The summed E-state index contributed by atoms with van der Waals surface area (Å²) in [5, 5.41) is 3.49. The van der Waals surface area contributed by atoms with E-state index in [2.05, 4.69) is 10.3 Å². The number of hydrogen-bond donors (Lipinski definition) is 1. The van der Waals surface area contributed by atoms with Crippen LogP contribution in [-0.4, -0.2) is 28.4 Å². The van der Waals surface area contributed by atoms with Gasteiger partial charge in [-0.1, -0.05) is 11.6 Å². The van der Waals surface area contributed by atoms with Crippen LogP contribution in [-0.2, 0) is 4.79 Å². The lowest BCUT2D eigenvalue weighted by atomic mass is 10.1. The molecule has 0 bridgehead atoms. The molecule has 0 spiro atoms. The van der Waals surface area contributed by atoms with Crippen LogP contribution < -0.4 is 10.2 Å². The summed E-state index contributed by atoms with van der Waals surface area (Å²) in [7, 11) is 0. The van der Waals surface area contributed by atoms with Crippen LogP contribution in [0.15, 0.2) is 47.5 Å². The molecule has 1 aliphatic heterocycles. The van der Waals surface area contributed by atoms with E-state index in [1.807, 2.05) is 49.4 Å². The lowest BCUT2D eigenvalue weighted by Crippen LogP contribution is -2.40. The van der Waals surface area contributed by atoms with Gasteiger partial charge in [0.15, 0.2) is 0 Å². The molecule has 2 heterocycles. The van der Waals surface area contributed by atoms with Crippen LogP contribution in [0.25, 0.3) is 0 Å². The molecule has 0 atom stereocenters. The summed E-state index contributed by atoms with van der Waals surface area (Å²) in [6.07, 6.45) is 9.12. The molecule has 0 saturated heterocycles. The van der Waals surface area contributed by atoms with Crippen molar-refractivity contribution in [1.82, 2.24) is 10.3 Å². The number of nitrogens with zero attached hydrogens (tertiary/aromatic N) is 2. The van der Waals surface area contributed by atoms with Gasteiger partial charge < -0.3 is 10.2 Å². The highest BCUT2D eigenvalue weighted by atomic mass is 35.5. The van der Waals surface area contributed by atoms with Crippen molar-refractivity contribution in [1.29, 1.82) is 0 Å². The SMILES string of the molecule is CSC(C)(C)C(=O)NC1=C(Cl)CN(c2cccnc2)C=C1. The standard InChI is InChI=1S/C15H18ClN3OS/c1-15(2,21-3)14(20)18-13-6-8-19(10-12(13)16)11-5-4-7-17-9-11/h4-9H,10H2,1-3H3,(H,18,20). The van der Waals surface area contributed by atoms with Crippen molar-refractivity contribution in [2.45, 2.75) is 18.6 Å². The smallest absolute Gasteiger partial charge is 0.240 e. The number of allylic oxidation sites excluding steroid dienone is 1. The molecule has 4 nitrogen and oxygen atoms in total. The van der Waals surface area contributed by atoms with Gasteiger partial charge in [-0.2, -0.15) is 0 Å². The number of hydrogen-bond acceptors (Lipinski definition) is 4. The quantitative estimate of drug-likeness (QED) is 0.924. The minimum Gasteiger partial charge on any atom is -0.341 e. The first kappa shape index (κ1) is 15.9. The fourth-order valence-electron chi connectivity index (χ4n) is 1.72. The van der Waals surface area contributed by atoms with Crippen LogP contribution in [0, 0.1) is 0 Å². The van der Waals surface area contributed by atoms with Crippen LogP contribution in [0.5, 0.6) is 0 Å². The third kappa shape index (κ3) is 3.80. The van der Waals surface area contributed by atoms with E-state index >= 15 is 0 Å². The van der Waals surface area contributed by atoms with E-state index in [0.29, 0.717) is 17.3 Å². The molecular weight excluding hydrogens is 306 g/mol. The monoisotopic (exact) mass is 323 g/mol. The Labute approximate surface area is 134 Å². The lowest BCUT2D eigenvalue weighted by Gasteiger charge is -2.27. The Bertz CT molecular complexity index is 584. The van der Waals surface area contributed by atoms with Crippen molar-refractivity contribution in [3.05, 3.63) is 47.5 Å². The predicted molar refractivity (Wildman–Crippen MR) is 89.3 cm³/mol. The number of rotatable bonds is 4. The van der Waals surface area contributed by atoms with Crippen LogP contribution in [0.1, 0.15) is 13.8 Å². The molecule has 6 heteroatoms. The van der Waals surface area contributed by atoms with Gasteiger partial charge in [0.1, 0.15) is 0 Å². The van der Waals surface area contributed by atoms with Gasteiger partial charge in [0.25, 0.3) is 0 Å². The number of nitrogens with one attached hydrogen (secondary N) is 1.